The summed E-state index contributed by atoms with van der Waals surface area (Å²) in [6.45, 7) is 0. The molecule has 0 N–H and O–H groups in total. The predicted molar refractivity (Wildman–Crippen MR) is 291 cm³/mol. The van der Waals surface area contributed by atoms with Crippen molar-refractivity contribution in [3.8, 4) is 61.5 Å². The van der Waals surface area contributed by atoms with Crippen molar-refractivity contribution in [2.24, 2.45) is 0 Å². The van der Waals surface area contributed by atoms with Gasteiger partial charge in [0.2, 0.25) is 0 Å². The molecule has 0 saturated carbocycles. The summed E-state index contributed by atoms with van der Waals surface area (Å²) < 4.78 is 2.37. The van der Waals surface area contributed by atoms with Gasteiger partial charge in [0.1, 0.15) is 0 Å². The van der Waals surface area contributed by atoms with Crippen LogP contribution in [0.5, 0.6) is 0 Å². The largest absolute Gasteiger partial charge is 0.309 e. The molecule has 0 fully saturated rings. The molecule has 0 aliphatic carbocycles. The molecule has 0 saturated heterocycles. The number of nitrogens with zero attached hydrogens (tertiary/aromatic N) is 3. The molecular formula is C66H41N3. The van der Waals surface area contributed by atoms with Gasteiger partial charge in [-0.2, -0.15) is 0 Å². The topological polar surface area (TPSA) is 30.7 Å². The van der Waals surface area contributed by atoms with Crippen LogP contribution in [0.1, 0.15) is 0 Å². The first-order valence-corrected chi connectivity index (χ1v) is 23.6. The van der Waals surface area contributed by atoms with Gasteiger partial charge in [0.25, 0.3) is 0 Å². The third kappa shape index (κ3) is 6.29. The highest BCUT2D eigenvalue weighted by molar-refractivity contribution is 6.23. The van der Waals surface area contributed by atoms with Gasteiger partial charge in [0, 0.05) is 32.8 Å². The highest BCUT2D eigenvalue weighted by atomic mass is 15.0. The third-order valence-corrected chi connectivity index (χ3v) is 14.3. The molecule has 12 aromatic carbocycles. The summed E-state index contributed by atoms with van der Waals surface area (Å²) in [6, 6.07) is 88.0. The fourth-order valence-electron chi connectivity index (χ4n) is 11.0. The molecule has 0 aliphatic heterocycles. The van der Waals surface area contributed by atoms with Crippen molar-refractivity contribution in [1.29, 1.82) is 0 Å². The van der Waals surface area contributed by atoms with Crippen LogP contribution in [0.2, 0.25) is 0 Å². The maximum absolute atomic E-state index is 5.32. The van der Waals surface area contributed by atoms with E-state index in [0.29, 0.717) is 0 Å². The van der Waals surface area contributed by atoms with Crippen LogP contribution >= 0.6 is 0 Å². The van der Waals surface area contributed by atoms with E-state index in [9.17, 15) is 0 Å². The average Bonchev–Trinajstić information content (AvgIpc) is 3.76. The highest BCUT2D eigenvalue weighted by Crippen LogP contribution is 2.43. The van der Waals surface area contributed by atoms with Crippen LogP contribution in [0.15, 0.2) is 249 Å². The molecule has 0 amide bonds. The first-order valence-electron chi connectivity index (χ1n) is 23.6. The van der Waals surface area contributed by atoms with Crippen LogP contribution in [0.4, 0.5) is 0 Å². The van der Waals surface area contributed by atoms with Gasteiger partial charge < -0.3 is 4.57 Å². The van der Waals surface area contributed by atoms with E-state index < -0.39 is 0 Å². The number of hydrogen-bond acceptors (Lipinski definition) is 2. The Morgan fingerprint density at radius 1 is 0.261 bits per heavy atom. The van der Waals surface area contributed by atoms with Crippen molar-refractivity contribution < 1.29 is 0 Å². The van der Waals surface area contributed by atoms with Gasteiger partial charge in [-0.05, 0) is 113 Å². The number of benzene rings is 12. The van der Waals surface area contributed by atoms with Crippen LogP contribution in [-0.4, -0.2) is 14.5 Å². The lowest BCUT2D eigenvalue weighted by Crippen LogP contribution is -1.93. The Balaban J connectivity index is 0.818. The Morgan fingerprint density at radius 3 is 1.41 bits per heavy atom. The molecule has 3 nitrogen and oxygen atoms in total. The van der Waals surface area contributed by atoms with E-state index in [1.807, 2.05) is 6.20 Å². The van der Waals surface area contributed by atoms with E-state index in [2.05, 4.69) is 247 Å². The fourth-order valence-corrected chi connectivity index (χ4v) is 11.0. The molecule has 320 valence electrons. The van der Waals surface area contributed by atoms with Gasteiger partial charge in [0.05, 0.1) is 34.0 Å². The lowest BCUT2D eigenvalue weighted by atomic mass is 9.87. The second kappa shape index (κ2) is 15.7. The summed E-state index contributed by atoms with van der Waals surface area (Å²) >= 11 is 0. The maximum Gasteiger partial charge on any atom is 0.0979 e. The number of fused-ring (bicyclic) bond motifs is 11. The fraction of sp³-hybridized carbons (Fsp3) is 0. The summed E-state index contributed by atoms with van der Waals surface area (Å²) in [5.74, 6) is 0. The minimum Gasteiger partial charge on any atom is -0.309 e. The standard InChI is InChI=1S/C66H41N3/c1-2-17-47(18-3-1)69-63-28-13-12-25-58(63)61-40-44(33-38-64(61)69)42-29-31-43(32-30-42)48-34-36-56(52-21-6-4-19-50(48)52)57-37-35-49(51-20-5-7-22-53(51)57)45-15-14-16-46(39-45)62-41-67-65-59-26-10-8-23-54(59)55-24-9-11-27-60(55)66(65)68-62/h1-41H. The number of hydrogen-bond donors (Lipinski definition) is 0. The van der Waals surface area contributed by atoms with Gasteiger partial charge in [-0.1, -0.05) is 206 Å². The lowest BCUT2D eigenvalue weighted by Gasteiger charge is -2.16. The highest BCUT2D eigenvalue weighted by Gasteiger charge is 2.18. The minimum absolute atomic E-state index is 0.858. The molecule has 0 aliphatic rings. The molecule has 2 heterocycles. The van der Waals surface area contributed by atoms with Gasteiger partial charge in [-0.15, -0.1) is 0 Å². The number of rotatable bonds is 6. The molecule has 0 atom stereocenters. The van der Waals surface area contributed by atoms with Crippen molar-refractivity contribution in [3.63, 3.8) is 0 Å². The van der Waals surface area contributed by atoms with Crippen LogP contribution in [0.25, 0.3) is 137 Å². The molecule has 69 heavy (non-hydrogen) atoms. The van der Waals surface area contributed by atoms with Crippen molar-refractivity contribution in [2.45, 2.75) is 0 Å². The zero-order valence-electron chi connectivity index (χ0n) is 37.5. The van der Waals surface area contributed by atoms with Crippen molar-refractivity contribution in [1.82, 2.24) is 14.5 Å². The molecule has 14 rings (SSSR count). The normalized spacial score (nSPS) is 11.8. The van der Waals surface area contributed by atoms with Crippen LogP contribution in [-0.2, 0) is 0 Å². The molecule has 14 aromatic rings. The molecule has 0 spiro atoms. The lowest BCUT2D eigenvalue weighted by molar-refractivity contribution is 1.18. The molecule has 0 bridgehead atoms. The number of aromatic nitrogens is 3. The molecular weight excluding hydrogens is 835 g/mol. The Morgan fingerprint density at radius 2 is 0.739 bits per heavy atom. The molecule has 0 unspecified atom stereocenters. The Kier molecular flexibility index (Phi) is 8.90. The van der Waals surface area contributed by atoms with Gasteiger partial charge in [-0.25, -0.2) is 4.98 Å². The smallest absolute Gasteiger partial charge is 0.0979 e. The molecule has 3 heteroatoms. The van der Waals surface area contributed by atoms with E-state index in [1.54, 1.807) is 0 Å². The zero-order chi connectivity index (χ0) is 45.4. The van der Waals surface area contributed by atoms with E-state index in [-0.39, 0.29) is 0 Å². The Bertz CT molecular complexity index is 4320. The van der Waals surface area contributed by atoms with Crippen molar-refractivity contribution in [3.05, 3.63) is 249 Å². The van der Waals surface area contributed by atoms with Gasteiger partial charge in [0.15, 0.2) is 0 Å². The monoisotopic (exact) mass is 875 g/mol. The molecule has 0 radical (unpaired) electrons. The second-order valence-electron chi connectivity index (χ2n) is 18.0. The SMILES string of the molecule is c1ccc(-n2c3ccccc3c3cc(-c4ccc(-c5ccc(-c6ccc(-c7cccc(-c8cnc9c%10ccccc%10c%10ccccc%10c9n8)c7)c7ccccc67)c6ccccc56)cc4)ccc32)cc1. The summed E-state index contributed by atoms with van der Waals surface area (Å²) in [5, 5.41) is 12.0. The maximum atomic E-state index is 5.32. The summed E-state index contributed by atoms with van der Waals surface area (Å²) in [4.78, 5) is 10.4. The van der Waals surface area contributed by atoms with Crippen LogP contribution in [0.3, 0.4) is 0 Å². The van der Waals surface area contributed by atoms with Crippen LogP contribution in [0, 0.1) is 0 Å². The van der Waals surface area contributed by atoms with E-state index in [0.717, 1.165) is 38.6 Å². The summed E-state index contributed by atoms with van der Waals surface area (Å²) in [7, 11) is 0. The van der Waals surface area contributed by atoms with Crippen molar-refractivity contribution in [2.75, 3.05) is 0 Å². The molecule has 2 aromatic heterocycles. The van der Waals surface area contributed by atoms with E-state index in [4.69, 9.17) is 9.97 Å². The first-order chi connectivity index (χ1) is 34.2. The van der Waals surface area contributed by atoms with Crippen LogP contribution < -0.4 is 0 Å². The third-order valence-electron chi connectivity index (χ3n) is 14.3. The van der Waals surface area contributed by atoms with Gasteiger partial charge in [-0.3, -0.25) is 4.98 Å². The minimum atomic E-state index is 0.858. The average molecular weight is 876 g/mol. The van der Waals surface area contributed by atoms with E-state index in [1.165, 1.54) is 98.8 Å². The first kappa shape index (κ1) is 39.0. The Hall–Kier alpha value is -9.18. The zero-order valence-corrected chi connectivity index (χ0v) is 37.5. The summed E-state index contributed by atoms with van der Waals surface area (Å²) in [5.41, 5.74) is 16.9. The summed E-state index contributed by atoms with van der Waals surface area (Å²) in [6.07, 6.45) is 1.93. The van der Waals surface area contributed by atoms with Gasteiger partial charge >= 0.3 is 0 Å². The van der Waals surface area contributed by atoms with Crippen molar-refractivity contribution >= 4 is 75.9 Å². The second-order valence-corrected chi connectivity index (χ2v) is 18.0. The quantitative estimate of drug-likeness (QED) is 0.156. The Labute approximate surface area is 398 Å². The predicted octanol–water partition coefficient (Wildman–Crippen LogP) is 17.7. The number of para-hydroxylation sites is 2. The van der Waals surface area contributed by atoms with E-state index >= 15 is 0 Å².